The van der Waals surface area contributed by atoms with E-state index in [1.807, 2.05) is 0 Å². The van der Waals surface area contributed by atoms with Gasteiger partial charge in [0.15, 0.2) is 0 Å². The average Bonchev–Trinajstić information content (AvgIpc) is 2.22. The van der Waals surface area contributed by atoms with Gasteiger partial charge in [0.1, 0.15) is 6.10 Å². The summed E-state index contributed by atoms with van der Waals surface area (Å²) in [6, 6.07) is 2.55. The molecule has 0 fully saturated rings. The first-order chi connectivity index (χ1) is 7.67. The Balaban J connectivity index is 3.21. The maximum atomic E-state index is 13.0. The van der Waals surface area contributed by atoms with Crippen LogP contribution in [-0.4, -0.2) is 17.5 Å². The second kappa shape index (κ2) is 4.82. The van der Waals surface area contributed by atoms with Crippen molar-refractivity contribution in [2.24, 2.45) is 0 Å². The molecule has 0 aliphatic carbocycles. The van der Waals surface area contributed by atoms with Gasteiger partial charge in [0.2, 0.25) is 0 Å². The van der Waals surface area contributed by atoms with Crippen molar-refractivity contribution in [1.82, 2.24) is 0 Å². The van der Waals surface area contributed by atoms with E-state index in [-0.39, 0.29) is 10.6 Å². The van der Waals surface area contributed by atoms with Crippen LogP contribution in [0.1, 0.15) is 22.8 Å². The summed E-state index contributed by atoms with van der Waals surface area (Å²) in [5.41, 5.74) is 0.930. The largest absolute Gasteiger partial charge is 0.382 e. The third kappa shape index (κ3) is 2.72. The number of aliphatic hydroxyl groups excluding tert-OH is 1. The minimum Gasteiger partial charge on any atom is -0.382 e. The number of hydrogen-bond donors (Lipinski definition) is 1. The van der Waals surface area contributed by atoms with Crippen LogP contribution in [0, 0.1) is 13.8 Å². The highest BCUT2D eigenvalue weighted by Gasteiger charge is 2.49. The molecule has 0 aromatic heterocycles. The number of aryl methyl sites for hydroxylation is 2. The predicted octanol–water partition coefficient (Wildman–Crippen LogP) is 3.89. The molecule has 0 spiro atoms. The van der Waals surface area contributed by atoms with E-state index in [0.717, 1.165) is 5.56 Å². The number of halogens is 5. The van der Waals surface area contributed by atoms with Gasteiger partial charge in [0.25, 0.3) is 0 Å². The van der Waals surface area contributed by atoms with E-state index in [4.69, 9.17) is 11.6 Å². The Morgan fingerprint density at radius 1 is 1.18 bits per heavy atom. The van der Waals surface area contributed by atoms with Crippen LogP contribution >= 0.6 is 11.6 Å². The summed E-state index contributed by atoms with van der Waals surface area (Å²) >= 11 is 5.67. The van der Waals surface area contributed by atoms with Crippen LogP contribution in [0.2, 0.25) is 5.02 Å². The molecule has 1 rings (SSSR count). The maximum Gasteiger partial charge on any atom is 0.336 e. The fourth-order valence-electron chi connectivity index (χ4n) is 1.34. The minimum absolute atomic E-state index is 0.152. The van der Waals surface area contributed by atoms with Gasteiger partial charge in [-0.1, -0.05) is 17.7 Å². The van der Waals surface area contributed by atoms with Crippen molar-refractivity contribution >= 4 is 11.6 Å². The molecular formula is C11H11ClF4O. The molecular weight excluding hydrogens is 260 g/mol. The van der Waals surface area contributed by atoms with Crippen LogP contribution in [0.15, 0.2) is 12.1 Å². The number of alkyl halides is 4. The Labute approximate surface area is 101 Å². The van der Waals surface area contributed by atoms with Crippen LogP contribution in [0.25, 0.3) is 0 Å². The van der Waals surface area contributed by atoms with Gasteiger partial charge in [-0.25, -0.2) is 8.78 Å². The van der Waals surface area contributed by atoms with Gasteiger partial charge in [-0.3, -0.25) is 0 Å². The smallest absolute Gasteiger partial charge is 0.336 e. The maximum absolute atomic E-state index is 13.0. The highest BCUT2D eigenvalue weighted by Crippen LogP contribution is 2.39. The van der Waals surface area contributed by atoms with Gasteiger partial charge in [-0.2, -0.15) is 8.78 Å². The van der Waals surface area contributed by atoms with E-state index in [1.54, 1.807) is 13.8 Å². The minimum atomic E-state index is -4.52. The lowest BCUT2D eigenvalue weighted by atomic mass is 9.99. The number of rotatable bonds is 3. The average molecular weight is 271 g/mol. The van der Waals surface area contributed by atoms with E-state index in [1.165, 1.54) is 12.1 Å². The molecule has 1 aromatic rings. The van der Waals surface area contributed by atoms with Crippen LogP contribution in [0.3, 0.4) is 0 Å². The van der Waals surface area contributed by atoms with Gasteiger partial charge >= 0.3 is 12.3 Å². The van der Waals surface area contributed by atoms with Gasteiger partial charge < -0.3 is 5.11 Å². The van der Waals surface area contributed by atoms with E-state index >= 15 is 0 Å². The zero-order chi connectivity index (χ0) is 13.4. The summed E-state index contributed by atoms with van der Waals surface area (Å²) in [5.74, 6) is -4.52. The van der Waals surface area contributed by atoms with Crippen molar-refractivity contribution in [2.45, 2.75) is 32.3 Å². The number of benzene rings is 1. The molecule has 0 bridgehead atoms. The molecule has 0 heterocycles. The van der Waals surface area contributed by atoms with Crippen LogP contribution in [0.4, 0.5) is 17.6 Å². The standard InChI is InChI=1S/C11H11ClF4O/c1-5-3-7(8(12)4-6(5)2)9(17)11(15,16)10(13)14/h3-4,9-10,17H,1-2H3. The van der Waals surface area contributed by atoms with Crippen LogP contribution < -0.4 is 0 Å². The lowest BCUT2D eigenvalue weighted by Gasteiger charge is -2.23. The molecule has 1 unspecified atom stereocenters. The molecule has 1 atom stereocenters. The predicted molar refractivity (Wildman–Crippen MR) is 56.8 cm³/mol. The molecule has 1 N–H and O–H groups in total. The van der Waals surface area contributed by atoms with E-state index in [2.05, 4.69) is 0 Å². The highest BCUT2D eigenvalue weighted by atomic mass is 35.5. The first kappa shape index (κ1) is 14.3. The molecule has 96 valence electrons. The molecule has 0 aliphatic rings. The topological polar surface area (TPSA) is 20.2 Å². The summed E-state index contributed by atoms with van der Waals surface area (Å²) in [6.07, 6.45) is -6.57. The van der Waals surface area contributed by atoms with Crippen molar-refractivity contribution in [1.29, 1.82) is 0 Å². The van der Waals surface area contributed by atoms with Gasteiger partial charge in [0, 0.05) is 10.6 Å². The Morgan fingerprint density at radius 2 is 1.65 bits per heavy atom. The third-order valence-electron chi connectivity index (χ3n) is 2.56. The van der Waals surface area contributed by atoms with Crippen molar-refractivity contribution in [2.75, 3.05) is 0 Å². The molecule has 0 aliphatic heterocycles. The lowest BCUT2D eigenvalue weighted by molar-refractivity contribution is -0.193. The van der Waals surface area contributed by atoms with E-state index in [9.17, 15) is 22.7 Å². The van der Waals surface area contributed by atoms with E-state index < -0.39 is 18.5 Å². The van der Waals surface area contributed by atoms with Crippen LogP contribution in [-0.2, 0) is 0 Å². The van der Waals surface area contributed by atoms with Crippen molar-refractivity contribution in [3.63, 3.8) is 0 Å². The zero-order valence-corrected chi connectivity index (χ0v) is 9.90. The molecule has 0 amide bonds. The van der Waals surface area contributed by atoms with Crippen molar-refractivity contribution in [3.8, 4) is 0 Å². The molecule has 0 saturated carbocycles. The number of aliphatic hydroxyl groups is 1. The van der Waals surface area contributed by atoms with Crippen molar-refractivity contribution < 1.29 is 22.7 Å². The SMILES string of the molecule is Cc1cc(Cl)c(C(O)C(F)(F)C(F)F)cc1C. The first-order valence-electron chi connectivity index (χ1n) is 4.78. The molecule has 0 saturated heterocycles. The quantitative estimate of drug-likeness (QED) is 0.826. The van der Waals surface area contributed by atoms with Gasteiger partial charge in [0.05, 0.1) is 0 Å². The summed E-state index contributed by atoms with van der Waals surface area (Å²) < 4.78 is 50.2. The van der Waals surface area contributed by atoms with Gasteiger partial charge in [-0.15, -0.1) is 0 Å². The fraction of sp³-hybridized carbons (Fsp3) is 0.455. The zero-order valence-electron chi connectivity index (χ0n) is 9.15. The second-order valence-corrected chi connectivity index (χ2v) is 4.24. The van der Waals surface area contributed by atoms with E-state index in [0.29, 0.717) is 5.56 Å². The first-order valence-corrected chi connectivity index (χ1v) is 5.16. The van der Waals surface area contributed by atoms with Crippen LogP contribution in [0.5, 0.6) is 0 Å². The van der Waals surface area contributed by atoms with Gasteiger partial charge in [-0.05, 0) is 31.0 Å². The summed E-state index contributed by atoms with van der Waals surface area (Å²) in [5, 5.41) is 9.15. The molecule has 6 heteroatoms. The lowest BCUT2D eigenvalue weighted by Crippen LogP contribution is -2.34. The summed E-state index contributed by atoms with van der Waals surface area (Å²) in [7, 11) is 0. The van der Waals surface area contributed by atoms with Crippen molar-refractivity contribution in [3.05, 3.63) is 33.8 Å². The molecule has 1 aromatic carbocycles. The number of hydrogen-bond acceptors (Lipinski definition) is 1. The molecule has 17 heavy (non-hydrogen) atoms. The Kier molecular flexibility index (Phi) is 4.04. The Hall–Kier alpha value is -0.810. The second-order valence-electron chi connectivity index (χ2n) is 3.84. The summed E-state index contributed by atoms with van der Waals surface area (Å²) in [6.45, 7) is 3.31. The molecule has 0 radical (unpaired) electrons. The summed E-state index contributed by atoms with van der Waals surface area (Å²) in [4.78, 5) is 0. The monoisotopic (exact) mass is 270 g/mol. The fourth-order valence-corrected chi connectivity index (χ4v) is 1.66. The third-order valence-corrected chi connectivity index (χ3v) is 2.89. The normalized spacial score (nSPS) is 14.2. The Morgan fingerprint density at radius 3 is 2.12 bits per heavy atom. The highest BCUT2D eigenvalue weighted by molar-refractivity contribution is 6.31. The molecule has 1 nitrogen and oxygen atoms in total. The Bertz CT molecular complexity index is 420.